The van der Waals surface area contributed by atoms with Gasteiger partial charge in [0.05, 0.1) is 0 Å². The number of halogens is 1. The van der Waals surface area contributed by atoms with Crippen LogP contribution >= 0.6 is 24.0 Å². The molecule has 0 atom stereocenters. The second-order valence-corrected chi connectivity index (χ2v) is 5.73. The van der Waals surface area contributed by atoms with Crippen molar-refractivity contribution < 1.29 is 0 Å². The fourth-order valence-corrected chi connectivity index (χ4v) is 3.10. The molecule has 3 nitrogen and oxygen atoms in total. The van der Waals surface area contributed by atoms with Gasteiger partial charge in [0.1, 0.15) is 0 Å². The average Bonchev–Trinajstić information content (AvgIpc) is 3.19. The summed E-state index contributed by atoms with van der Waals surface area (Å²) in [4.78, 5) is 6.82. The number of nitrogens with zero attached hydrogens (tertiary/aromatic N) is 2. The Kier molecular flexibility index (Phi) is 4.21. The van der Waals surface area contributed by atoms with Crippen molar-refractivity contribution in [1.29, 1.82) is 0 Å². The Morgan fingerprint density at radius 3 is 2.41 bits per heavy atom. The summed E-state index contributed by atoms with van der Waals surface area (Å²) in [6.45, 7) is 3.55. The zero-order valence-corrected chi connectivity index (χ0v) is 13.1. The van der Waals surface area contributed by atoms with Crippen molar-refractivity contribution in [1.82, 2.24) is 10.2 Å². The predicted octanol–water partition coefficient (Wildman–Crippen LogP) is 2.47. The van der Waals surface area contributed by atoms with Crippen LogP contribution in [0.25, 0.3) is 0 Å². The van der Waals surface area contributed by atoms with Crippen LogP contribution in [0.1, 0.15) is 38.5 Å². The quantitative estimate of drug-likeness (QED) is 0.482. The first-order chi connectivity index (χ1) is 7.84. The standard InChI is InChI=1S/C13H23N3.HI/c1-14-12(16-8-2-3-9-16)15-10-13(6-7-13)11-4-5-11;/h11H,2-10H2,1H3,(H,14,15);1H. The smallest absolute Gasteiger partial charge is 0.193 e. The lowest BCUT2D eigenvalue weighted by Gasteiger charge is -2.23. The van der Waals surface area contributed by atoms with Crippen LogP contribution in [-0.4, -0.2) is 37.5 Å². The van der Waals surface area contributed by atoms with Gasteiger partial charge in [-0.15, -0.1) is 24.0 Å². The second kappa shape index (κ2) is 5.33. The molecule has 1 heterocycles. The third kappa shape index (κ3) is 2.88. The maximum atomic E-state index is 4.41. The first kappa shape index (κ1) is 13.4. The third-order valence-corrected chi connectivity index (χ3v) is 4.55. The Hall–Kier alpha value is 0. The minimum Gasteiger partial charge on any atom is -0.356 e. The van der Waals surface area contributed by atoms with Crippen LogP contribution in [0.3, 0.4) is 0 Å². The van der Waals surface area contributed by atoms with Crippen LogP contribution in [0.4, 0.5) is 0 Å². The topological polar surface area (TPSA) is 27.6 Å². The van der Waals surface area contributed by atoms with E-state index in [1.165, 1.54) is 58.2 Å². The largest absolute Gasteiger partial charge is 0.356 e. The molecular weight excluding hydrogens is 325 g/mol. The van der Waals surface area contributed by atoms with E-state index in [4.69, 9.17) is 0 Å². The highest BCUT2D eigenvalue weighted by atomic mass is 127. The Balaban J connectivity index is 0.00000108. The van der Waals surface area contributed by atoms with Crippen LogP contribution in [0, 0.1) is 11.3 Å². The van der Waals surface area contributed by atoms with E-state index < -0.39 is 0 Å². The molecule has 3 fully saturated rings. The number of hydrogen-bond acceptors (Lipinski definition) is 1. The van der Waals surface area contributed by atoms with Crippen molar-refractivity contribution in [3.05, 3.63) is 0 Å². The van der Waals surface area contributed by atoms with Crippen molar-refractivity contribution >= 4 is 29.9 Å². The molecule has 1 saturated heterocycles. The number of rotatable bonds is 3. The van der Waals surface area contributed by atoms with E-state index in [1.54, 1.807) is 0 Å². The van der Waals surface area contributed by atoms with E-state index in [2.05, 4.69) is 15.2 Å². The summed E-state index contributed by atoms with van der Waals surface area (Å²) in [7, 11) is 1.91. The molecule has 3 rings (SSSR count). The first-order valence-corrected chi connectivity index (χ1v) is 6.80. The van der Waals surface area contributed by atoms with Gasteiger partial charge < -0.3 is 10.2 Å². The lowest BCUT2D eigenvalue weighted by Crippen LogP contribution is -2.42. The van der Waals surface area contributed by atoms with Crippen LogP contribution in [-0.2, 0) is 0 Å². The van der Waals surface area contributed by atoms with Crippen molar-refractivity contribution in [3.63, 3.8) is 0 Å². The van der Waals surface area contributed by atoms with Gasteiger partial charge in [0, 0.05) is 26.7 Å². The van der Waals surface area contributed by atoms with Crippen molar-refractivity contribution in [2.45, 2.75) is 38.5 Å². The predicted molar refractivity (Wildman–Crippen MR) is 82.0 cm³/mol. The molecule has 17 heavy (non-hydrogen) atoms. The molecule has 0 aromatic rings. The Morgan fingerprint density at radius 1 is 1.29 bits per heavy atom. The number of aliphatic imine (C=N–C) groups is 1. The van der Waals surface area contributed by atoms with Gasteiger partial charge in [0.25, 0.3) is 0 Å². The highest BCUT2D eigenvalue weighted by molar-refractivity contribution is 14.0. The third-order valence-electron chi connectivity index (χ3n) is 4.55. The van der Waals surface area contributed by atoms with E-state index >= 15 is 0 Å². The second-order valence-electron chi connectivity index (χ2n) is 5.73. The van der Waals surface area contributed by atoms with Crippen LogP contribution in [0.15, 0.2) is 4.99 Å². The minimum absolute atomic E-state index is 0. The van der Waals surface area contributed by atoms with E-state index in [9.17, 15) is 0 Å². The molecule has 3 aliphatic rings. The molecule has 0 aromatic carbocycles. The van der Waals surface area contributed by atoms with Crippen LogP contribution < -0.4 is 5.32 Å². The average molecular weight is 349 g/mol. The van der Waals surface area contributed by atoms with Gasteiger partial charge in [-0.2, -0.15) is 0 Å². The summed E-state index contributed by atoms with van der Waals surface area (Å²) >= 11 is 0. The maximum absolute atomic E-state index is 4.41. The molecule has 1 N–H and O–H groups in total. The Morgan fingerprint density at radius 2 is 1.94 bits per heavy atom. The number of likely N-dealkylation sites (tertiary alicyclic amines) is 1. The minimum atomic E-state index is 0. The van der Waals surface area contributed by atoms with Gasteiger partial charge in [-0.05, 0) is 49.9 Å². The molecule has 2 aliphatic carbocycles. The number of nitrogens with one attached hydrogen (secondary N) is 1. The van der Waals surface area contributed by atoms with Gasteiger partial charge in [-0.25, -0.2) is 0 Å². The number of guanidine groups is 1. The zero-order valence-electron chi connectivity index (χ0n) is 10.7. The molecule has 4 heteroatoms. The van der Waals surface area contributed by atoms with Gasteiger partial charge in [-0.3, -0.25) is 4.99 Å². The molecule has 2 saturated carbocycles. The van der Waals surface area contributed by atoms with Crippen molar-refractivity contribution in [3.8, 4) is 0 Å². The molecule has 1 aliphatic heterocycles. The van der Waals surface area contributed by atoms with Gasteiger partial charge in [-0.1, -0.05) is 0 Å². The monoisotopic (exact) mass is 349 g/mol. The zero-order chi connectivity index (χ0) is 11.0. The summed E-state index contributed by atoms with van der Waals surface area (Å²) in [6, 6.07) is 0. The van der Waals surface area contributed by atoms with Gasteiger partial charge >= 0.3 is 0 Å². The SMILES string of the molecule is CN=C(NCC1(C2CC2)CC1)N1CCCC1.I. The molecule has 98 valence electrons. The summed E-state index contributed by atoms with van der Waals surface area (Å²) in [5, 5.41) is 3.61. The molecular formula is C13H24IN3. The van der Waals surface area contributed by atoms with Crippen LogP contribution in [0.2, 0.25) is 0 Å². The highest BCUT2D eigenvalue weighted by Crippen LogP contribution is 2.60. The van der Waals surface area contributed by atoms with E-state index in [0.717, 1.165) is 11.9 Å². The fraction of sp³-hybridized carbons (Fsp3) is 0.923. The van der Waals surface area contributed by atoms with E-state index in [0.29, 0.717) is 5.41 Å². The van der Waals surface area contributed by atoms with Gasteiger partial charge in [0.15, 0.2) is 5.96 Å². The number of hydrogen-bond donors (Lipinski definition) is 1. The van der Waals surface area contributed by atoms with E-state index in [1.807, 2.05) is 7.05 Å². The molecule has 0 spiro atoms. The normalized spacial score (nSPS) is 26.6. The van der Waals surface area contributed by atoms with Crippen molar-refractivity contribution in [2.24, 2.45) is 16.3 Å². The molecule has 0 aromatic heterocycles. The van der Waals surface area contributed by atoms with E-state index in [-0.39, 0.29) is 24.0 Å². The summed E-state index contributed by atoms with van der Waals surface area (Å²) in [6.07, 6.45) is 8.50. The Bertz CT molecular complexity index is 289. The summed E-state index contributed by atoms with van der Waals surface area (Å²) < 4.78 is 0. The molecule has 0 radical (unpaired) electrons. The van der Waals surface area contributed by atoms with Crippen molar-refractivity contribution in [2.75, 3.05) is 26.7 Å². The fourth-order valence-electron chi connectivity index (χ4n) is 3.10. The molecule has 0 bridgehead atoms. The molecule has 0 unspecified atom stereocenters. The maximum Gasteiger partial charge on any atom is 0.193 e. The van der Waals surface area contributed by atoms with Crippen LogP contribution in [0.5, 0.6) is 0 Å². The van der Waals surface area contributed by atoms with Gasteiger partial charge in [0.2, 0.25) is 0 Å². The molecule has 0 amide bonds. The lowest BCUT2D eigenvalue weighted by atomic mass is 10.0. The Labute approximate surface area is 121 Å². The highest BCUT2D eigenvalue weighted by Gasteiger charge is 2.53. The summed E-state index contributed by atoms with van der Waals surface area (Å²) in [5.41, 5.74) is 0.676. The summed E-state index contributed by atoms with van der Waals surface area (Å²) in [5.74, 6) is 2.18. The first-order valence-electron chi connectivity index (χ1n) is 6.80. The lowest BCUT2D eigenvalue weighted by molar-refractivity contribution is 0.413.